The molecule has 0 aromatic heterocycles. The third-order valence-corrected chi connectivity index (χ3v) is 4.51. The van der Waals surface area contributed by atoms with Crippen molar-refractivity contribution in [1.29, 1.82) is 0 Å². The maximum Gasteiger partial charge on any atom is 0.107 e. The maximum absolute atomic E-state index is 3.61. The van der Waals surface area contributed by atoms with Crippen molar-refractivity contribution in [3.63, 3.8) is 0 Å². The molecule has 0 saturated heterocycles. The van der Waals surface area contributed by atoms with E-state index in [9.17, 15) is 0 Å². The minimum atomic E-state index is -0.359. The van der Waals surface area contributed by atoms with Crippen molar-refractivity contribution in [2.75, 3.05) is 0 Å². The smallest absolute Gasteiger partial charge is 0.107 e. The first-order chi connectivity index (χ1) is 11.9. The van der Waals surface area contributed by atoms with Gasteiger partial charge in [-0.2, -0.15) is 0 Å². The Kier molecular flexibility index (Phi) is 3.76. The molecule has 0 aliphatic carbocycles. The van der Waals surface area contributed by atoms with E-state index in [2.05, 4.69) is 115 Å². The summed E-state index contributed by atoms with van der Waals surface area (Å²) in [4.78, 5) is 0. The van der Waals surface area contributed by atoms with E-state index in [0.717, 1.165) is 0 Å². The second kappa shape index (κ2) is 6.21. The molecule has 4 rings (SSSR count). The van der Waals surface area contributed by atoms with Crippen LogP contribution in [-0.4, -0.2) is 0 Å². The van der Waals surface area contributed by atoms with Gasteiger partial charge in [0.05, 0.1) is 0 Å². The van der Waals surface area contributed by atoms with E-state index in [0.29, 0.717) is 0 Å². The van der Waals surface area contributed by atoms with Crippen molar-refractivity contribution in [3.8, 4) is 0 Å². The van der Waals surface area contributed by atoms with Gasteiger partial charge >= 0.3 is 0 Å². The normalized spacial score (nSPS) is 15.4. The maximum atomic E-state index is 3.61. The fourth-order valence-electron chi connectivity index (χ4n) is 3.30. The lowest BCUT2D eigenvalue weighted by Gasteiger charge is -2.36. The van der Waals surface area contributed by atoms with Crippen LogP contribution in [0.3, 0.4) is 0 Å². The highest BCUT2D eigenvalue weighted by Gasteiger charge is 2.32. The van der Waals surface area contributed by atoms with Gasteiger partial charge in [-0.3, -0.25) is 0 Å². The monoisotopic (exact) mass is 309 g/mol. The van der Waals surface area contributed by atoms with Crippen LogP contribution in [0, 0.1) is 0 Å². The van der Waals surface area contributed by atoms with Crippen LogP contribution in [0.1, 0.15) is 16.7 Å². The first-order valence-corrected chi connectivity index (χ1v) is 8.22. The highest BCUT2D eigenvalue weighted by Crippen LogP contribution is 2.36. The van der Waals surface area contributed by atoms with Crippen LogP contribution in [0.5, 0.6) is 0 Å². The number of dihydropyridines is 1. The molecule has 0 saturated carbocycles. The number of benzene rings is 3. The lowest BCUT2D eigenvalue weighted by atomic mass is 9.79. The Morgan fingerprint density at radius 3 is 1.62 bits per heavy atom. The van der Waals surface area contributed by atoms with Gasteiger partial charge in [0, 0.05) is 0 Å². The van der Waals surface area contributed by atoms with E-state index in [4.69, 9.17) is 0 Å². The van der Waals surface area contributed by atoms with Crippen LogP contribution < -0.4 is 5.32 Å². The molecular formula is C23H19N. The Balaban J connectivity index is 1.92. The van der Waals surface area contributed by atoms with E-state index in [-0.39, 0.29) is 5.54 Å². The minimum absolute atomic E-state index is 0.359. The van der Waals surface area contributed by atoms with Gasteiger partial charge in [-0.05, 0) is 40.6 Å². The summed E-state index contributed by atoms with van der Waals surface area (Å²) in [7, 11) is 0. The van der Waals surface area contributed by atoms with Crippen molar-refractivity contribution < 1.29 is 0 Å². The second-order valence-electron chi connectivity index (χ2n) is 5.98. The standard InChI is InChI=1S/C23H19N/c1-4-10-19(11-5-1)20-16-17-24-23(18-20,21-12-6-2-7-13-21)22-14-8-3-9-15-22/h1-18,24H. The molecular weight excluding hydrogens is 290 g/mol. The summed E-state index contributed by atoms with van der Waals surface area (Å²) in [6, 6.07) is 31.7. The fourth-order valence-corrected chi connectivity index (χ4v) is 3.30. The number of rotatable bonds is 3. The highest BCUT2D eigenvalue weighted by atomic mass is 15.0. The van der Waals surface area contributed by atoms with Crippen LogP contribution in [0.2, 0.25) is 0 Å². The van der Waals surface area contributed by atoms with E-state index in [1.54, 1.807) is 0 Å². The average Bonchev–Trinajstić information content (AvgIpc) is 2.70. The zero-order valence-electron chi connectivity index (χ0n) is 13.4. The van der Waals surface area contributed by atoms with Gasteiger partial charge in [-0.1, -0.05) is 91.0 Å². The molecule has 24 heavy (non-hydrogen) atoms. The predicted molar refractivity (Wildman–Crippen MR) is 100 cm³/mol. The zero-order valence-corrected chi connectivity index (χ0v) is 13.4. The molecule has 3 aromatic rings. The molecule has 3 aromatic carbocycles. The highest BCUT2D eigenvalue weighted by molar-refractivity contribution is 5.77. The second-order valence-corrected chi connectivity index (χ2v) is 5.98. The Hall–Kier alpha value is -3.06. The summed E-state index contributed by atoms with van der Waals surface area (Å²) >= 11 is 0. The molecule has 0 bridgehead atoms. The molecule has 0 amide bonds. The minimum Gasteiger partial charge on any atom is -0.374 e. The average molecular weight is 309 g/mol. The largest absolute Gasteiger partial charge is 0.374 e. The molecule has 1 heteroatoms. The zero-order chi connectivity index (χ0) is 16.2. The molecule has 1 nitrogen and oxygen atoms in total. The van der Waals surface area contributed by atoms with Crippen LogP contribution in [0.25, 0.3) is 5.57 Å². The molecule has 0 atom stereocenters. The summed E-state index contributed by atoms with van der Waals surface area (Å²) in [5.74, 6) is 0. The Morgan fingerprint density at radius 1 is 0.583 bits per heavy atom. The van der Waals surface area contributed by atoms with Crippen LogP contribution in [0.4, 0.5) is 0 Å². The van der Waals surface area contributed by atoms with Crippen molar-refractivity contribution in [2.24, 2.45) is 0 Å². The first kappa shape index (κ1) is 14.5. The third-order valence-electron chi connectivity index (χ3n) is 4.51. The molecule has 0 spiro atoms. The number of hydrogen-bond donors (Lipinski definition) is 1. The molecule has 1 heterocycles. The summed E-state index contributed by atoms with van der Waals surface area (Å²) in [5, 5.41) is 3.61. The number of nitrogens with one attached hydrogen (secondary N) is 1. The van der Waals surface area contributed by atoms with Crippen molar-refractivity contribution in [2.45, 2.75) is 5.54 Å². The summed E-state index contributed by atoms with van der Waals surface area (Å²) in [5.41, 5.74) is 4.55. The van der Waals surface area contributed by atoms with Gasteiger partial charge in [0.1, 0.15) is 5.54 Å². The van der Waals surface area contributed by atoms with Gasteiger partial charge in [0.2, 0.25) is 0 Å². The lowest BCUT2D eigenvalue weighted by Crippen LogP contribution is -2.40. The van der Waals surface area contributed by atoms with Crippen molar-refractivity contribution >= 4 is 5.57 Å². The molecule has 0 unspecified atom stereocenters. The predicted octanol–water partition coefficient (Wildman–Crippen LogP) is 5.13. The number of hydrogen-bond acceptors (Lipinski definition) is 1. The van der Waals surface area contributed by atoms with Gasteiger partial charge in [0.15, 0.2) is 0 Å². The van der Waals surface area contributed by atoms with Gasteiger partial charge in [-0.15, -0.1) is 0 Å². The van der Waals surface area contributed by atoms with E-state index < -0.39 is 0 Å². The summed E-state index contributed by atoms with van der Waals surface area (Å²) in [6.07, 6.45) is 6.52. The Bertz CT molecular complexity index is 822. The molecule has 0 fully saturated rings. The van der Waals surface area contributed by atoms with Crippen LogP contribution in [-0.2, 0) is 5.54 Å². The summed E-state index contributed by atoms with van der Waals surface area (Å²) < 4.78 is 0. The first-order valence-electron chi connectivity index (χ1n) is 8.22. The van der Waals surface area contributed by atoms with Gasteiger partial charge < -0.3 is 5.32 Å². The topological polar surface area (TPSA) is 12.0 Å². The molecule has 1 aliphatic heterocycles. The molecule has 1 N–H and O–H groups in total. The quantitative estimate of drug-likeness (QED) is 0.707. The van der Waals surface area contributed by atoms with Crippen molar-refractivity contribution in [3.05, 3.63) is 126 Å². The van der Waals surface area contributed by atoms with Gasteiger partial charge in [-0.25, -0.2) is 0 Å². The third kappa shape index (κ3) is 2.55. The fraction of sp³-hybridized carbons (Fsp3) is 0.0435. The number of allylic oxidation sites excluding steroid dienone is 2. The van der Waals surface area contributed by atoms with Crippen LogP contribution in [0.15, 0.2) is 109 Å². The SMILES string of the molecule is C1=CC(c2ccccc2)=CC(c2ccccc2)(c2ccccc2)N1. The lowest BCUT2D eigenvalue weighted by molar-refractivity contribution is 0.569. The van der Waals surface area contributed by atoms with E-state index >= 15 is 0 Å². The van der Waals surface area contributed by atoms with Gasteiger partial charge in [0.25, 0.3) is 0 Å². The van der Waals surface area contributed by atoms with Crippen molar-refractivity contribution in [1.82, 2.24) is 5.32 Å². The Labute approximate surface area is 143 Å². The van der Waals surface area contributed by atoms with Crippen LogP contribution >= 0.6 is 0 Å². The molecule has 1 aliphatic rings. The Morgan fingerprint density at radius 2 is 1.08 bits per heavy atom. The van der Waals surface area contributed by atoms with E-state index in [1.807, 2.05) is 0 Å². The summed E-state index contributed by atoms with van der Waals surface area (Å²) in [6.45, 7) is 0. The molecule has 0 radical (unpaired) electrons. The molecule has 116 valence electrons. The van der Waals surface area contributed by atoms with E-state index in [1.165, 1.54) is 22.3 Å².